The Balaban J connectivity index is 2.49. The van der Waals surface area contributed by atoms with Crippen molar-refractivity contribution in [3.8, 4) is 0 Å². The van der Waals surface area contributed by atoms with E-state index in [1.165, 1.54) is 12.8 Å². The van der Waals surface area contributed by atoms with Crippen LogP contribution >= 0.6 is 0 Å². The Morgan fingerprint density at radius 3 is 2.78 bits per heavy atom. The second kappa shape index (κ2) is 7.79. The van der Waals surface area contributed by atoms with Gasteiger partial charge in [-0.15, -0.1) is 0 Å². The average Bonchev–Trinajstić information content (AvgIpc) is 2.86. The molecule has 2 atom stereocenters. The number of carbonyl (C=O) groups is 1. The van der Waals surface area contributed by atoms with Crippen LogP contribution < -0.4 is 10.6 Å². The predicted molar refractivity (Wildman–Crippen MR) is 76.9 cm³/mol. The smallest absolute Gasteiger partial charge is 0.323 e. The SMILES string of the molecule is BCCCCC(CCC1CCCN1)(NC)C(=O)O. The van der Waals surface area contributed by atoms with Crippen molar-refractivity contribution in [3.05, 3.63) is 0 Å². The second-order valence-corrected chi connectivity index (χ2v) is 5.43. The third-order valence-electron chi connectivity index (χ3n) is 4.18. The van der Waals surface area contributed by atoms with Crippen LogP contribution in [-0.2, 0) is 4.79 Å². The van der Waals surface area contributed by atoms with E-state index < -0.39 is 11.5 Å². The molecule has 5 heteroatoms. The fourth-order valence-electron chi connectivity index (χ4n) is 2.80. The molecule has 1 fully saturated rings. The third kappa shape index (κ3) is 4.28. The zero-order valence-electron chi connectivity index (χ0n) is 11.8. The van der Waals surface area contributed by atoms with E-state index in [1.54, 1.807) is 7.05 Å². The molecule has 0 aromatic heterocycles. The van der Waals surface area contributed by atoms with Gasteiger partial charge in [0.25, 0.3) is 0 Å². The standard InChI is InChI=1S/C13H27BN2O2/c1-15-13(12(17)18,7-2-3-9-14)8-6-11-5-4-10-16-11/h11,15-16H,2-10,14H2,1H3,(H,17,18). The fraction of sp³-hybridized carbons (Fsp3) is 0.923. The molecule has 1 saturated heterocycles. The summed E-state index contributed by atoms with van der Waals surface area (Å²) in [5.41, 5.74) is -0.723. The fourth-order valence-corrected chi connectivity index (χ4v) is 2.80. The van der Waals surface area contributed by atoms with Crippen molar-refractivity contribution >= 4 is 13.8 Å². The Morgan fingerprint density at radius 1 is 1.50 bits per heavy atom. The first-order chi connectivity index (χ1) is 8.64. The maximum Gasteiger partial charge on any atom is 0.323 e. The average molecular weight is 254 g/mol. The number of hydrogen-bond acceptors (Lipinski definition) is 3. The van der Waals surface area contributed by atoms with Crippen molar-refractivity contribution in [2.45, 2.75) is 62.8 Å². The maximum absolute atomic E-state index is 11.6. The number of likely N-dealkylation sites (N-methyl/N-ethyl adjacent to an activating group) is 1. The molecule has 0 aromatic rings. The summed E-state index contributed by atoms with van der Waals surface area (Å²) in [6.45, 7) is 1.08. The lowest BCUT2D eigenvalue weighted by Gasteiger charge is -2.30. The molecule has 0 bridgehead atoms. The Morgan fingerprint density at radius 2 is 2.28 bits per heavy atom. The minimum atomic E-state index is -0.723. The van der Waals surface area contributed by atoms with Gasteiger partial charge in [0.15, 0.2) is 0 Å². The van der Waals surface area contributed by atoms with Gasteiger partial charge in [0.2, 0.25) is 0 Å². The van der Waals surface area contributed by atoms with Crippen LogP contribution in [0.25, 0.3) is 0 Å². The summed E-state index contributed by atoms with van der Waals surface area (Å²) in [5, 5.41) is 16.0. The van der Waals surface area contributed by atoms with Crippen molar-refractivity contribution in [1.82, 2.24) is 10.6 Å². The van der Waals surface area contributed by atoms with E-state index in [2.05, 4.69) is 18.5 Å². The molecule has 2 unspecified atom stereocenters. The topological polar surface area (TPSA) is 61.4 Å². The molecular formula is C13H27BN2O2. The van der Waals surface area contributed by atoms with E-state index in [0.29, 0.717) is 6.04 Å². The number of aliphatic carboxylic acids is 1. The first kappa shape index (κ1) is 15.5. The van der Waals surface area contributed by atoms with Gasteiger partial charge in [-0.2, -0.15) is 0 Å². The summed E-state index contributed by atoms with van der Waals surface area (Å²) in [6.07, 6.45) is 8.05. The van der Waals surface area contributed by atoms with E-state index in [1.807, 2.05) is 0 Å². The highest BCUT2D eigenvalue weighted by molar-refractivity contribution is 6.08. The van der Waals surface area contributed by atoms with Crippen LogP contribution in [-0.4, -0.2) is 44.1 Å². The molecule has 0 spiro atoms. The summed E-state index contributed by atoms with van der Waals surface area (Å²) in [5.74, 6) is -0.695. The summed E-state index contributed by atoms with van der Waals surface area (Å²) in [7, 11) is 3.92. The van der Waals surface area contributed by atoms with Gasteiger partial charge in [0.05, 0.1) is 0 Å². The molecule has 0 saturated carbocycles. The van der Waals surface area contributed by atoms with E-state index in [0.717, 1.165) is 45.0 Å². The largest absolute Gasteiger partial charge is 0.480 e. The van der Waals surface area contributed by atoms with Crippen molar-refractivity contribution in [3.63, 3.8) is 0 Å². The van der Waals surface area contributed by atoms with Crippen LogP contribution in [0.15, 0.2) is 0 Å². The maximum atomic E-state index is 11.6. The highest BCUT2D eigenvalue weighted by atomic mass is 16.4. The van der Waals surface area contributed by atoms with Gasteiger partial charge < -0.3 is 15.7 Å². The number of carboxylic acids is 1. The Bertz CT molecular complexity index is 257. The Kier molecular flexibility index (Phi) is 6.72. The monoisotopic (exact) mass is 254 g/mol. The van der Waals surface area contributed by atoms with Crippen molar-refractivity contribution in [2.24, 2.45) is 0 Å². The van der Waals surface area contributed by atoms with Gasteiger partial charge >= 0.3 is 5.97 Å². The second-order valence-electron chi connectivity index (χ2n) is 5.43. The molecular weight excluding hydrogens is 227 g/mol. The van der Waals surface area contributed by atoms with Gasteiger partial charge in [-0.3, -0.25) is 4.79 Å². The molecule has 4 nitrogen and oxygen atoms in total. The van der Waals surface area contributed by atoms with E-state index >= 15 is 0 Å². The summed E-state index contributed by atoms with van der Waals surface area (Å²) in [4.78, 5) is 11.6. The number of carboxylic acid groups (broad SMARTS) is 1. The molecule has 0 aliphatic carbocycles. The molecule has 3 N–H and O–H groups in total. The third-order valence-corrected chi connectivity index (χ3v) is 4.18. The normalized spacial score (nSPS) is 22.8. The van der Waals surface area contributed by atoms with Crippen molar-refractivity contribution in [2.75, 3.05) is 13.6 Å². The van der Waals surface area contributed by atoms with E-state index in [4.69, 9.17) is 0 Å². The minimum Gasteiger partial charge on any atom is -0.480 e. The zero-order valence-corrected chi connectivity index (χ0v) is 11.8. The summed E-state index contributed by atoms with van der Waals surface area (Å²) < 4.78 is 0. The van der Waals surface area contributed by atoms with E-state index in [9.17, 15) is 9.90 Å². The van der Waals surface area contributed by atoms with Gasteiger partial charge in [-0.25, -0.2) is 0 Å². The lowest BCUT2D eigenvalue weighted by molar-refractivity contribution is -0.145. The lowest BCUT2D eigenvalue weighted by atomic mass is 9.85. The number of unbranched alkanes of at least 4 members (excludes halogenated alkanes) is 1. The molecule has 18 heavy (non-hydrogen) atoms. The summed E-state index contributed by atoms with van der Waals surface area (Å²) in [6, 6.07) is 0.517. The molecule has 1 aliphatic rings. The van der Waals surface area contributed by atoms with Crippen LogP contribution in [0.5, 0.6) is 0 Å². The number of rotatable bonds is 9. The molecule has 0 aromatic carbocycles. The van der Waals surface area contributed by atoms with Crippen LogP contribution in [0.2, 0.25) is 6.32 Å². The van der Waals surface area contributed by atoms with Gasteiger partial charge in [-0.05, 0) is 45.7 Å². The molecule has 1 aliphatic heterocycles. The number of hydrogen-bond donors (Lipinski definition) is 3. The van der Waals surface area contributed by atoms with Crippen LogP contribution in [0.1, 0.15) is 44.9 Å². The quantitative estimate of drug-likeness (QED) is 0.420. The summed E-state index contributed by atoms with van der Waals surface area (Å²) >= 11 is 0. The first-order valence-electron chi connectivity index (χ1n) is 7.30. The molecule has 0 amide bonds. The first-order valence-corrected chi connectivity index (χ1v) is 7.30. The highest BCUT2D eigenvalue weighted by Gasteiger charge is 2.36. The zero-order chi connectivity index (χ0) is 13.4. The van der Waals surface area contributed by atoms with Crippen molar-refractivity contribution < 1.29 is 9.90 Å². The Hall–Kier alpha value is -0.545. The van der Waals surface area contributed by atoms with Crippen LogP contribution in [0, 0.1) is 0 Å². The van der Waals surface area contributed by atoms with Gasteiger partial charge in [-0.1, -0.05) is 19.2 Å². The number of nitrogens with one attached hydrogen (secondary N) is 2. The van der Waals surface area contributed by atoms with Gasteiger partial charge in [0.1, 0.15) is 13.4 Å². The molecule has 1 heterocycles. The minimum absolute atomic E-state index is 0.517. The van der Waals surface area contributed by atoms with Crippen molar-refractivity contribution in [1.29, 1.82) is 0 Å². The molecule has 1 rings (SSSR count). The molecule has 0 radical (unpaired) electrons. The predicted octanol–water partition coefficient (Wildman–Crippen LogP) is 0.783. The van der Waals surface area contributed by atoms with E-state index in [-0.39, 0.29) is 0 Å². The van der Waals surface area contributed by atoms with Gasteiger partial charge in [0, 0.05) is 6.04 Å². The van der Waals surface area contributed by atoms with Crippen LogP contribution in [0.4, 0.5) is 0 Å². The lowest BCUT2D eigenvalue weighted by Crippen LogP contribution is -2.51. The van der Waals surface area contributed by atoms with Crippen LogP contribution in [0.3, 0.4) is 0 Å². The highest BCUT2D eigenvalue weighted by Crippen LogP contribution is 2.24. The Labute approximate surface area is 111 Å². The molecule has 104 valence electrons.